The number of sulfone groups is 1. The maximum Gasteiger partial charge on any atom is 0.418 e. The van der Waals surface area contributed by atoms with Crippen molar-refractivity contribution in [2.45, 2.75) is 24.4 Å². The second-order valence-corrected chi connectivity index (χ2v) is 9.63. The molecular formula is C22H19F3N2O2S. The minimum absolute atomic E-state index is 0.0783. The van der Waals surface area contributed by atoms with Crippen LogP contribution in [0.4, 0.5) is 13.2 Å². The van der Waals surface area contributed by atoms with Crippen molar-refractivity contribution < 1.29 is 21.6 Å². The summed E-state index contributed by atoms with van der Waals surface area (Å²) in [5.74, 6) is 0.200. The molecule has 2 aromatic carbocycles. The van der Waals surface area contributed by atoms with Crippen molar-refractivity contribution in [3.05, 3.63) is 83.7 Å². The summed E-state index contributed by atoms with van der Waals surface area (Å²) < 4.78 is 68.2. The fraction of sp³-hybridized carbons (Fsp3) is 0.227. The van der Waals surface area contributed by atoms with E-state index in [4.69, 9.17) is 0 Å². The van der Waals surface area contributed by atoms with Gasteiger partial charge in [-0.1, -0.05) is 48.6 Å². The van der Waals surface area contributed by atoms with E-state index in [1.807, 2.05) is 36.4 Å². The maximum absolute atomic E-state index is 13.5. The van der Waals surface area contributed by atoms with E-state index in [1.165, 1.54) is 29.7 Å². The van der Waals surface area contributed by atoms with E-state index >= 15 is 0 Å². The van der Waals surface area contributed by atoms with E-state index in [0.717, 1.165) is 23.5 Å². The molecule has 0 spiro atoms. The molecule has 0 saturated heterocycles. The number of alkyl halides is 3. The summed E-state index contributed by atoms with van der Waals surface area (Å²) in [7, 11) is -3.80. The molecule has 1 aliphatic carbocycles. The summed E-state index contributed by atoms with van der Waals surface area (Å²) in [6, 6.07) is 13.0. The lowest BCUT2D eigenvalue weighted by Gasteiger charge is -2.35. The van der Waals surface area contributed by atoms with Crippen LogP contribution in [0.5, 0.6) is 0 Å². The quantitative estimate of drug-likeness (QED) is 0.578. The first-order chi connectivity index (χ1) is 14.0. The number of hydrogen-bond donors (Lipinski definition) is 0. The van der Waals surface area contributed by atoms with Crippen LogP contribution in [-0.2, 0) is 20.9 Å². The number of halogens is 3. The van der Waals surface area contributed by atoms with Gasteiger partial charge in [0.1, 0.15) is 11.3 Å². The SMILES string of the molecule is Cc1nc2c(C(F)(F)F)cccc2n1C1(S(C)(=O)=O)C=CC=C(c2ccccc2)C1. The Bertz CT molecular complexity index is 1290. The molecule has 0 amide bonds. The Morgan fingerprint density at radius 3 is 2.40 bits per heavy atom. The summed E-state index contributed by atoms with van der Waals surface area (Å²) in [4.78, 5) is 2.55. The third-order valence-electron chi connectivity index (χ3n) is 5.42. The molecule has 0 fully saturated rings. The highest BCUT2D eigenvalue weighted by Crippen LogP contribution is 2.43. The van der Waals surface area contributed by atoms with Crippen molar-refractivity contribution in [3.63, 3.8) is 0 Å². The van der Waals surface area contributed by atoms with Crippen molar-refractivity contribution in [2.75, 3.05) is 6.26 Å². The zero-order valence-electron chi connectivity index (χ0n) is 16.3. The van der Waals surface area contributed by atoms with Gasteiger partial charge in [-0.2, -0.15) is 13.2 Å². The van der Waals surface area contributed by atoms with Crippen molar-refractivity contribution >= 4 is 26.4 Å². The predicted molar refractivity (Wildman–Crippen MR) is 110 cm³/mol. The molecule has 4 nitrogen and oxygen atoms in total. The zero-order valence-corrected chi connectivity index (χ0v) is 17.1. The molecule has 0 aliphatic heterocycles. The lowest BCUT2D eigenvalue weighted by molar-refractivity contribution is -0.136. The normalized spacial score (nSPS) is 19.8. The summed E-state index contributed by atoms with van der Waals surface area (Å²) in [5.41, 5.74) is 0.621. The smallest absolute Gasteiger partial charge is 0.304 e. The van der Waals surface area contributed by atoms with E-state index in [2.05, 4.69) is 4.98 Å². The second-order valence-electron chi connectivity index (χ2n) is 7.38. The lowest BCUT2D eigenvalue weighted by atomic mass is 9.93. The van der Waals surface area contributed by atoms with Gasteiger partial charge >= 0.3 is 6.18 Å². The monoisotopic (exact) mass is 432 g/mol. The average molecular weight is 432 g/mol. The molecule has 1 heterocycles. The van der Waals surface area contributed by atoms with Gasteiger partial charge in [-0.15, -0.1) is 0 Å². The molecule has 0 saturated carbocycles. The van der Waals surface area contributed by atoms with Crippen LogP contribution in [0, 0.1) is 6.92 Å². The molecule has 8 heteroatoms. The van der Waals surface area contributed by atoms with Gasteiger partial charge in [0, 0.05) is 12.7 Å². The van der Waals surface area contributed by atoms with Crippen LogP contribution < -0.4 is 0 Å². The number of imidazole rings is 1. The minimum atomic E-state index is -4.60. The number of para-hydroxylation sites is 1. The third-order valence-corrected chi connectivity index (χ3v) is 7.17. The molecule has 0 N–H and O–H groups in total. The highest BCUT2D eigenvalue weighted by atomic mass is 32.2. The molecule has 1 atom stereocenters. The van der Waals surface area contributed by atoms with Gasteiger partial charge in [-0.25, -0.2) is 13.4 Å². The molecule has 0 radical (unpaired) electrons. The predicted octanol–water partition coefficient (Wildman–Crippen LogP) is 5.10. The topological polar surface area (TPSA) is 52.0 Å². The van der Waals surface area contributed by atoms with E-state index in [0.29, 0.717) is 0 Å². The van der Waals surface area contributed by atoms with Crippen molar-refractivity contribution in [1.29, 1.82) is 0 Å². The number of rotatable bonds is 3. The average Bonchev–Trinajstić information content (AvgIpc) is 3.03. The number of allylic oxidation sites excluding steroid dienone is 3. The number of aromatic nitrogens is 2. The fourth-order valence-corrected chi connectivity index (χ4v) is 5.36. The first-order valence-corrected chi connectivity index (χ1v) is 11.1. The molecule has 1 aliphatic rings. The van der Waals surface area contributed by atoms with Crippen LogP contribution >= 0.6 is 0 Å². The summed E-state index contributed by atoms with van der Waals surface area (Å²) in [6.45, 7) is 1.53. The number of nitrogens with zero attached hydrogens (tertiary/aromatic N) is 2. The Morgan fingerprint density at radius 2 is 1.77 bits per heavy atom. The Balaban J connectivity index is 1.99. The first-order valence-electron chi connectivity index (χ1n) is 9.24. The molecule has 30 heavy (non-hydrogen) atoms. The minimum Gasteiger partial charge on any atom is -0.304 e. The summed E-state index contributed by atoms with van der Waals surface area (Å²) in [5, 5.41) is 0. The second kappa shape index (κ2) is 6.84. The van der Waals surface area contributed by atoms with E-state index < -0.39 is 26.4 Å². The van der Waals surface area contributed by atoms with Gasteiger partial charge in [0.15, 0.2) is 14.7 Å². The largest absolute Gasteiger partial charge is 0.418 e. The number of benzene rings is 2. The highest BCUT2D eigenvalue weighted by molar-refractivity contribution is 7.91. The van der Waals surface area contributed by atoms with Crippen LogP contribution in [0.3, 0.4) is 0 Å². The fourth-order valence-electron chi connectivity index (χ4n) is 4.05. The molecule has 156 valence electrons. The third kappa shape index (κ3) is 3.15. The molecular weight excluding hydrogens is 413 g/mol. The number of aryl methyl sites for hydroxylation is 1. The van der Waals surface area contributed by atoms with Crippen molar-refractivity contribution in [1.82, 2.24) is 9.55 Å². The van der Waals surface area contributed by atoms with Crippen LogP contribution in [0.15, 0.2) is 66.8 Å². The van der Waals surface area contributed by atoms with Crippen LogP contribution in [0.2, 0.25) is 0 Å². The highest BCUT2D eigenvalue weighted by Gasteiger charge is 2.45. The summed E-state index contributed by atoms with van der Waals surface area (Å²) >= 11 is 0. The Kier molecular flexibility index (Phi) is 4.65. The van der Waals surface area contributed by atoms with Gasteiger partial charge in [0.05, 0.1) is 11.1 Å². The molecule has 1 unspecified atom stereocenters. The molecule has 4 rings (SSSR count). The Labute approximate surface area is 172 Å². The van der Waals surface area contributed by atoms with Crippen LogP contribution in [0.25, 0.3) is 16.6 Å². The van der Waals surface area contributed by atoms with Crippen LogP contribution in [-0.4, -0.2) is 24.2 Å². The zero-order chi connectivity index (χ0) is 21.7. The van der Waals surface area contributed by atoms with Gasteiger partial charge < -0.3 is 4.57 Å². The lowest BCUT2D eigenvalue weighted by Crippen LogP contribution is -2.41. The molecule has 0 bridgehead atoms. The van der Waals surface area contributed by atoms with Gasteiger partial charge in [0.25, 0.3) is 0 Å². The van der Waals surface area contributed by atoms with Crippen molar-refractivity contribution in [2.24, 2.45) is 0 Å². The maximum atomic E-state index is 13.5. The first kappa shape index (κ1) is 20.4. The van der Waals surface area contributed by atoms with Crippen LogP contribution in [0.1, 0.15) is 23.4 Å². The van der Waals surface area contributed by atoms with Gasteiger partial charge in [-0.05, 0) is 36.3 Å². The standard InChI is InChI=1S/C22H19F3N2O2S/c1-15-26-20-18(22(23,24)25)11-6-12-19(20)27(15)21(30(2,28)29)13-7-10-17(14-21)16-8-4-3-5-9-16/h3-13H,14H2,1-2H3. The van der Waals surface area contributed by atoms with Gasteiger partial charge in [-0.3, -0.25) is 0 Å². The molecule has 3 aromatic rings. The van der Waals surface area contributed by atoms with E-state index in [9.17, 15) is 21.6 Å². The van der Waals surface area contributed by atoms with Gasteiger partial charge in [0.2, 0.25) is 0 Å². The Hall–Kier alpha value is -2.87. The summed E-state index contributed by atoms with van der Waals surface area (Å²) in [6.07, 6.45) is 1.59. The number of fused-ring (bicyclic) bond motifs is 1. The van der Waals surface area contributed by atoms with E-state index in [1.54, 1.807) is 6.08 Å². The van der Waals surface area contributed by atoms with E-state index in [-0.39, 0.29) is 23.3 Å². The molecule has 1 aromatic heterocycles. The number of hydrogen-bond acceptors (Lipinski definition) is 3. The van der Waals surface area contributed by atoms with Crippen molar-refractivity contribution in [3.8, 4) is 0 Å². The Morgan fingerprint density at radius 1 is 1.07 bits per heavy atom.